The van der Waals surface area contributed by atoms with Crippen molar-refractivity contribution in [3.8, 4) is 0 Å². The van der Waals surface area contributed by atoms with Crippen molar-refractivity contribution in [1.82, 2.24) is 14.9 Å². The summed E-state index contributed by atoms with van der Waals surface area (Å²) in [4.78, 5) is 50.6. The lowest BCUT2D eigenvalue weighted by molar-refractivity contribution is -0.119. The van der Waals surface area contributed by atoms with E-state index in [2.05, 4.69) is 11.1 Å². The van der Waals surface area contributed by atoms with E-state index in [4.69, 9.17) is 4.98 Å². The average molecular weight is 457 g/mol. The van der Waals surface area contributed by atoms with Crippen LogP contribution in [0.1, 0.15) is 37.5 Å². The number of nitrogens with zero attached hydrogens (tertiary/aromatic N) is 4. The third-order valence-electron chi connectivity index (χ3n) is 5.56. The molecule has 1 aliphatic rings. The van der Waals surface area contributed by atoms with Gasteiger partial charge in [0.2, 0.25) is 5.91 Å². The number of carbonyl (C=O) groups excluding carboxylic acids is 3. The van der Waals surface area contributed by atoms with Crippen molar-refractivity contribution in [3.63, 3.8) is 0 Å². The van der Waals surface area contributed by atoms with Gasteiger partial charge in [-0.2, -0.15) is 0 Å². The molecular formula is C25H20N4O3S. The van der Waals surface area contributed by atoms with Crippen LogP contribution in [0, 0.1) is 13.8 Å². The lowest BCUT2D eigenvalue weighted by Crippen LogP contribution is -2.42. The number of aromatic nitrogens is 2. The van der Waals surface area contributed by atoms with E-state index in [1.165, 1.54) is 16.2 Å². The number of imide groups is 1. The normalized spacial score (nSPS) is 13.0. The minimum absolute atomic E-state index is 0.181. The van der Waals surface area contributed by atoms with E-state index in [1.54, 1.807) is 36.5 Å². The molecule has 0 spiro atoms. The van der Waals surface area contributed by atoms with Gasteiger partial charge in [0.15, 0.2) is 5.13 Å². The summed E-state index contributed by atoms with van der Waals surface area (Å²) in [7, 11) is 0. The first kappa shape index (κ1) is 21.0. The number of hydrogen-bond acceptors (Lipinski definition) is 6. The van der Waals surface area contributed by atoms with Crippen LogP contribution in [0.15, 0.2) is 60.8 Å². The van der Waals surface area contributed by atoms with Crippen LogP contribution in [-0.2, 0) is 11.3 Å². The molecule has 0 bridgehead atoms. The molecule has 0 saturated heterocycles. The van der Waals surface area contributed by atoms with Gasteiger partial charge in [0.05, 0.1) is 33.6 Å². The van der Waals surface area contributed by atoms with Crippen LogP contribution < -0.4 is 4.90 Å². The van der Waals surface area contributed by atoms with Crippen molar-refractivity contribution in [3.05, 3.63) is 88.7 Å². The largest absolute Gasteiger partial charge is 0.280 e. The number of anilines is 1. The zero-order valence-corrected chi connectivity index (χ0v) is 18.9. The van der Waals surface area contributed by atoms with Gasteiger partial charge in [-0.3, -0.25) is 29.2 Å². The highest BCUT2D eigenvalue weighted by atomic mass is 32.1. The Balaban J connectivity index is 1.50. The minimum atomic E-state index is -0.461. The Morgan fingerprint density at radius 3 is 2.36 bits per heavy atom. The smallest absolute Gasteiger partial charge is 0.262 e. The van der Waals surface area contributed by atoms with Crippen molar-refractivity contribution in [2.45, 2.75) is 20.4 Å². The molecule has 0 unspecified atom stereocenters. The second-order valence-electron chi connectivity index (χ2n) is 7.97. The minimum Gasteiger partial charge on any atom is -0.280 e. The van der Waals surface area contributed by atoms with Gasteiger partial charge in [0.25, 0.3) is 11.8 Å². The van der Waals surface area contributed by atoms with Crippen molar-refractivity contribution in [2.24, 2.45) is 0 Å². The molecule has 4 aromatic rings. The van der Waals surface area contributed by atoms with Crippen LogP contribution >= 0.6 is 11.3 Å². The van der Waals surface area contributed by atoms with Crippen molar-refractivity contribution in [2.75, 3.05) is 11.4 Å². The zero-order valence-electron chi connectivity index (χ0n) is 18.1. The van der Waals surface area contributed by atoms with Gasteiger partial charge in [0, 0.05) is 6.20 Å². The molecule has 0 radical (unpaired) electrons. The Morgan fingerprint density at radius 1 is 1.00 bits per heavy atom. The number of thiazole rings is 1. The number of fused-ring (bicyclic) bond motifs is 2. The first-order chi connectivity index (χ1) is 15.9. The second-order valence-corrected chi connectivity index (χ2v) is 8.95. The lowest BCUT2D eigenvalue weighted by Gasteiger charge is -2.22. The van der Waals surface area contributed by atoms with Gasteiger partial charge in [-0.05, 0) is 55.3 Å². The SMILES string of the molecule is Cc1cc(C)c2sc(N(Cc3ccccn3)C(=O)CN3C(=O)c4ccccc4C3=O)nc2c1. The van der Waals surface area contributed by atoms with Gasteiger partial charge < -0.3 is 0 Å². The van der Waals surface area contributed by atoms with Gasteiger partial charge >= 0.3 is 0 Å². The van der Waals surface area contributed by atoms with Gasteiger partial charge in [-0.25, -0.2) is 4.98 Å². The fraction of sp³-hybridized carbons (Fsp3) is 0.160. The number of hydrogen-bond donors (Lipinski definition) is 0. The number of benzene rings is 2. The Hall–Kier alpha value is -3.91. The third kappa shape index (κ3) is 3.78. The molecule has 0 fully saturated rings. The standard InChI is InChI=1S/C25H20N4O3S/c1-15-11-16(2)22-20(12-15)27-25(33-22)28(13-17-7-5-6-10-26-17)21(30)14-29-23(31)18-8-3-4-9-19(18)24(29)32/h3-12H,13-14H2,1-2H3. The van der Waals surface area contributed by atoms with Crippen LogP contribution in [-0.4, -0.2) is 39.1 Å². The van der Waals surface area contributed by atoms with Crippen molar-refractivity contribution in [1.29, 1.82) is 0 Å². The summed E-state index contributed by atoms with van der Waals surface area (Å²) >= 11 is 1.41. The topological polar surface area (TPSA) is 83.5 Å². The highest BCUT2D eigenvalue weighted by Crippen LogP contribution is 2.33. The molecule has 0 atom stereocenters. The molecule has 0 N–H and O–H groups in total. The fourth-order valence-corrected chi connectivity index (χ4v) is 5.03. The third-order valence-corrected chi connectivity index (χ3v) is 6.79. The van der Waals surface area contributed by atoms with Gasteiger partial charge in [-0.15, -0.1) is 0 Å². The monoisotopic (exact) mass is 456 g/mol. The highest BCUT2D eigenvalue weighted by molar-refractivity contribution is 7.22. The predicted molar refractivity (Wildman–Crippen MR) is 126 cm³/mol. The number of pyridine rings is 1. The molecule has 1 aliphatic heterocycles. The maximum absolute atomic E-state index is 13.5. The zero-order chi connectivity index (χ0) is 23.1. The first-order valence-corrected chi connectivity index (χ1v) is 11.3. The predicted octanol–water partition coefficient (Wildman–Crippen LogP) is 4.14. The summed E-state index contributed by atoms with van der Waals surface area (Å²) in [6.45, 7) is 3.83. The molecule has 0 saturated carbocycles. The maximum atomic E-state index is 13.5. The molecule has 5 rings (SSSR count). The van der Waals surface area contributed by atoms with Crippen molar-refractivity contribution < 1.29 is 14.4 Å². The van der Waals surface area contributed by atoms with E-state index in [1.807, 2.05) is 32.0 Å². The maximum Gasteiger partial charge on any atom is 0.262 e. The van der Waals surface area contributed by atoms with E-state index in [-0.39, 0.29) is 13.1 Å². The molecule has 3 amide bonds. The summed E-state index contributed by atoms with van der Waals surface area (Å²) in [5.41, 5.74) is 4.30. The number of aryl methyl sites for hydroxylation is 2. The van der Waals surface area contributed by atoms with E-state index < -0.39 is 17.7 Å². The Labute approximate surface area is 194 Å². The summed E-state index contributed by atoms with van der Waals surface area (Å²) in [6.07, 6.45) is 1.66. The molecule has 164 valence electrons. The van der Waals surface area contributed by atoms with Crippen LogP contribution in [0.4, 0.5) is 5.13 Å². The van der Waals surface area contributed by atoms with Crippen LogP contribution in [0.3, 0.4) is 0 Å². The molecular weight excluding hydrogens is 436 g/mol. The summed E-state index contributed by atoms with van der Waals surface area (Å²) < 4.78 is 0.996. The van der Waals surface area contributed by atoms with E-state index in [9.17, 15) is 14.4 Å². The molecule has 8 heteroatoms. The van der Waals surface area contributed by atoms with E-state index in [0.29, 0.717) is 22.0 Å². The second kappa shape index (κ2) is 8.22. The molecule has 3 heterocycles. The molecule has 7 nitrogen and oxygen atoms in total. The van der Waals surface area contributed by atoms with Crippen LogP contribution in [0.2, 0.25) is 0 Å². The highest BCUT2D eigenvalue weighted by Gasteiger charge is 2.37. The van der Waals surface area contributed by atoms with E-state index in [0.717, 1.165) is 26.2 Å². The van der Waals surface area contributed by atoms with E-state index >= 15 is 0 Å². The summed E-state index contributed by atoms with van der Waals surface area (Å²) in [5, 5.41) is 0.506. The fourth-order valence-electron chi connectivity index (χ4n) is 4.00. The molecule has 2 aromatic heterocycles. The summed E-state index contributed by atoms with van der Waals surface area (Å²) in [5.74, 6) is -1.32. The number of amides is 3. The summed E-state index contributed by atoms with van der Waals surface area (Å²) in [6, 6.07) is 16.1. The van der Waals surface area contributed by atoms with Crippen molar-refractivity contribution >= 4 is 44.4 Å². The van der Waals surface area contributed by atoms with Crippen LogP contribution in [0.5, 0.6) is 0 Å². The Kier molecular flexibility index (Phi) is 5.22. The number of rotatable bonds is 5. The Bertz CT molecular complexity index is 1380. The molecule has 33 heavy (non-hydrogen) atoms. The van der Waals surface area contributed by atoms with Gasteiger partial charge in [-0.1, -0.05) is 35.6 Å². The van der Waals surface area contributed by atoms with Crippen LogP contribution in [0.25, 0.3) is 10.2 Å². The number of carbonyl (C=O) groups is 3. The average Bonchev–Trinajstić information content (AvgIpc) is 3.33. The first-order valence-electron chi connectivity index (χ1n) is 10.5. The molecule has 2 aromatic carbocycles. The van der Waals surface area contributed by atoms with Gasteiger partial charge in [0.1, 0.15) is 6.54 Å². The molecule has 0 aliphatic carbocycles. The lowest BCUT2D eigenvalue weighted by atomic mass is 10.1. The quantitative estimate of drug-likeness (QED) is 0.422. The Morgan fingerprint density at radius 2 is 1.70 bits per heavy atom.